The van der Waals surface area contributed by atoms with E-state index in [9.17, 15) is 5.26 Å². The van der Waals surface area contributed by atoms with E-state index in [0.29, 0.717) is 11.3 Å². The van der Waals surface area contributed by atoms with E-state index < -0.39 is 0 Å². The van der Waals surface area contributed by atoms with Gasteiger partial charge in [0.25, 0.3) is 0 Å². The smallest absolute Gasteiger partial charge is 0.209 e. The Morgan fingerprint density at radius 3 is 2.86 bits per heavy atom. The van der Waals surface area contributed by atoms with Crippen LogP contribution in [0, 0.1) is 11.3 Å². The maximum Gasteiger partial charge on any atom is 0.209 e. The third kappa shape index (κ3) is 3.06. The molecule has 0 radical (unpaired) electrons. The molecular formula is C14H22N6S. The molecule has 0 spiro atoms. The third-order valence-electron chi connectivity index (χ3n) is 4.80. The minimum atomic E-state index is -0.373. The molecule has 0 saturated heterocycles. The summed E-state index contributed by atoms with van der Waals surface area (Å²) in [4.78, 5) is 0. The van der Waals surface area contributed by atoms with Gasteiger partial charge in [0.1, 0.15) is 5.54 Å². The van der Waals surface area contributed by atoms with Crippen molar-refractivity contribution >= 4 is 11.8 Å². The number of nitrogens with one attached hydrogen (secondary N) is 1. The fourth-order valence-corrected chi connectivity index (χ4v) is 4.83. The van der Waals surface area contributed by atoms with Crippen molar-refractivity contribution in [2.45, 2.75) is 73.4 Å². The molecule has 2 saturated carbocycles. The second-order valence-electron chi connectivity index (χ2n) is 6.12. The number of rotatable bonds is 4. The van der Waals surface area contributed by atoms with Crippen molar-refractivity contribution in [1.29, 1.82) is 5.26 Å². The van der Waals surface area contributed by atoms with E-state index in [0.717, 1.165) is 30.8 Å². The zero-order valence-corrected chi connectivity index (χ0v) is 13.3. The highest BCUT2D eigenvalue weighted by atomic mass is 32.2. The molecule has 0 bridgehead atoms. The van der Waals surface area contributed by atoms with Crippen molar-refractivity contribution in [3.63, 3.8) is 0 Å². The number of aromatic nitrogens is 4. The second kappa shape index (κ2) is 6.32. The Bertz CT molecular complexity index is 518. The molecule has 1 aromatic rings. The van der Waals surface area contributed by atoms with E-state index in [1.54, 1.807) is 11.8 Å². The summed E-state index contributed by atoms with van der Waals surface area (Å²) in [6, 6.07) is 2.93. The summed E-state index contributed by atoms with van der Waals surface area (Å²) < 4.78 is 2.01. The first kappa shape index (κ1) is 14.8. The van der Waals surface area contributed by atoms with Crippen LogP contribution in [-0.4, -0.2) is 38.0 Å². The van der Waals surface area contributed by atoms with Crippen LogP contribution in [0.4, 0.5) is 0 Å². The quantitative estimate of drug-likeness (QED) is 0.919. The lowest BCUT2D eigenvalue weighted by Crippen LogP contribution is -2.46. The molecule has 21 heavy (non-hydrogen) atoms. The van der Waals surface area contributed by atoms with Gasteiger partial charge >= 0.3 is 0 Å². The van der Waals surface area contributed by atoms with Gasteiger partial charge in [0.15, 0.2) is 0 Å². The van der Waals surface area contributed by atoms with Crippen LogP contribution in [0.1, 0.15) is 57.4 Å². The predicted octanol–water partition coefficient (Wildman–Crippen LogP) is 2.30. The van der Waals surface area contributed by atoms with Gasteiger partial charge in [-0.3, -0.25) is 0 Å². The van der Waals surface area contributed by atoms with Crippen molar-refractivity contribution < 1.29 is 0 Å². The summed E-state index contributed by atoms with van der Waals surface area (Å²) in [5, 5.41) is 26.3. The molecule has 0 aliphatic heterocycles. The Labute approximate surface area is 129 Å². The van der Waals surface area contributed by atoms with Gasteiger partial charge in [-0.25, -0.2) is 4.68 Å². The molecule has 6 nitrogen and oxygen atoms in total. The summed E-state index contributed by atoms with van der Waals surface area (Å²) in [5.41, 5.74) is -0.373. The zero-order valence-electron chi connectivity index (χ0n) is 12.5. The van der Waals surface area contributed by atoms with E-state index in [-0.39, 0.29) is 5.54 Å². The van der Waals surface area contributed by atoms with E-state index >= 15 is 0 Å². The van der Waals surface area contributed by atoms with Gasteiger partial charge in [-0.2, -0.15) is 5.26 Å². The van der Waals surface area contributed by atoms with Crippen LogP contribution in [0.5, 0.6) is 0 Å². The topological polar surface area (TPSA) is 79.4 Å². The summed E-state index contributed by atoms with van der Waals surface area (Å²) in [6.45, 7) is 0. The molecule has 114 valence electrons. The van der Waals surface area contributed by atoms with Gasteiger partial charge in [-0.05, 0) is 56.0 Å². The highest BCUT2D eigenvalue weighted by Crippen LogP contribution is 2.39. The van der Waals surface area contributed by atoms with Crippen LogP contribution in [0.3, 0.4) is 0 Å². The molecule has 3 rings (SSSR count). The highest BCUT2D eigenvalue weighted by Gasteiger charge is 2.36. The minimum Gasteiger partial charge on any atom is -0.302 e. The van der Waals surface area contributed by atoms with Crippen molar-refractivity contribution in [2.75, 3.05) is 7.05 Å². The lowest BCUT2D eigenvalue weighted by molar-refractivity contribution is 0.322. The first-order valence-corrected chi connectivity index (χ1v) is 8.69. The Hall–Kier alpha value is -1.13. The number of nitriles is 1. The van der Waals surface area contributed by atoms with E-state index in [2.05, 4.69) is 26.9 Å². The summed E-state index contributed by atoms with van der Waals surface area (Å²) in [5.74, 6) is 0. The summed E-state index contributed by atoms with van der Waals surface area (Å²) in [6.07, 6.45) is 8.92. The molecule has 2 unspecified atom stereocenters. The van der Waals surface area contributed by atoms with Gasteiger partial charge < -0.3 is 5.32 Å². The second-order valence-corrected chi connectivity index (χ2v) is 7.39. The Morgan fingerprint density at radius 2 is 2.14 bits per heavy atom. The monoisotopic (exact) mass is 306 g/mol. The molecule has 0 amide bonds. The summed E-state index contributed by atoms with van der Waals surface area (Å²) in [7, 11) is 1.89. The van der Waals surface area contributed by atoms with E-state index in [1.165, 1.54) is 25.7 Å². The van der Waals surface area contributed by atoms with Crippen molar-refractivity contribution in [2.24, 2.45) is 0 Å². The average Bonchev–Trinajstić information content (AvgIpc) is 3.18. The molecule has 1 N–H and O–H groups in total. The van der Waals surface area contributed by atoms with Crippen LogP contribution in [0.25, 0.3) is 0 Å². The van der Waals surface area contributed by atoms with Gasteiger partial charge in [0.05, 0.1) is 12.1 Å². The van der Waals surface area contributed by atoms with E-state index in [4.69, 9.17) is 0 Å². The zero-order chi connectivity index (χ0) is 14.7. The standard InChI is InChI=1S/C14H22N6S/c1-16-14(10-15)8-4-7-12(9-14)21-13-17-18-19-20(13)11-5-2-3-6-11/h11-12,16H,2-9H2,1H3. The summed E-state index contributed by atoms with van der Waals surface area (Å²) >= 11 is 1.75. The third-order valence-corrected chi connectivity index (χ3v) is 6.02. The maximum absolute atomic E-state index is 9.45. The molecule has 7 heteroatoms. The molecule has 2 atom stereocenters. The molecule has 0 aromatic carbocycles. The number of hydrogen-bond donors (Lipinski definition) is 1. The minimum absolute atomic E-state index is 0.373. The Morgan fingerprint density at radius 1 is 1.33 bits per heavy atom. The van der Waals surface area contributed by atoms with Crippen LogP contribution in [0.15, 0.2) is 5.16 Å². The molecule has 1 heterocycles. The van der Waals surface area contributed by atoms with Crippen LogP contribution in [0.2, 0.25) is 0 Å². The largest absolute Gasteiger partial charge is 0.302 e. The van der Waals surface area contributed by atoms with Gasteiger partial charge in [-0.15, -0.1) is 5.10 Å². The average molecular weight is 306 g/mol. The van der Waals surface area contributed by atoms with Crippen molar-refractivity contribution in [3.8, 4) is 6.07 Å². The SMILES string of the molecule is CNC1(C#N)CCCC(Sc2nnnn2C2CCCC2)C1. The molecule has 2 aliphatic carbocycles. The molecule has 1 aromatic heterocycles. The van der Waals surface area contributed by atoms with Crippen LogP contribution >= 0.6 is 11.8 Å². The van der Waals surface area contributed by atoms with Crippen LogP contribution < -0.4 is 5.32 Å². The first-order valence-electron chi connectivity index (χ1n) is 7.81. The van der Waals surface area contributed by atoms with Crippen molar-refractivity contribution in [3.05, 3.63) is 0 Å². The molecular weight excluding hydrogens is 284 g/mol. The predicted molar refractivity (Wildman–Crippen MR) is 80.8 cm³/mol. The number of tetrazole rings is 1. The van der Waals surface area contributed by atoms with Gasteiger partial charge in [0, 0.05) is 5.25 Å². The number of thioether (sulfide) groups is 1. The highest BCUT2D eigenvalue weighted by molar-refractivity contribution is 7.99. The van der Waals surface area contributed by atoms with Gasteiger partial charge in [0.2, 0.25) is 5.16 Å². The number of nitrogens with zero attached hydrogens (tertiary/aromatic N) is 5. The fraction of sp³-hybridized carbons (Fsp3) is 0.857. The normalized spacial score (nSPS) is 30.4. The van der Waals surface area contributed by atoms with Crippen molar-refractivity contribution in [1.82, 2.24) is 25.5 Å². The lowest BCUT2D eigenvalue weighted by atomic mass is 9.83. The molecule has 2 aliphatic rings. The van der Waals surface area contributed by atoms with E-state index in [1.807, 2.05) is 11.7 Å². The fourth-order valence-electron chi connectivity index (χ4n) is 3.50. The van der Waals surface area contributed by atoms with Gasteiger partial charge in [-0.1, -0.05) is 24.6 Å². The first-order chi connectivity index (χ1) is 10.3. The molecule has 2 fully saturated rings. The lowest BCUT2D eigenvalue weighted by Gasteiger charge is -2.34. The number of hydrogen-bond acceptors (Lipinski definition) is 6. The Kier molecular flexibility index (Phi) is 4.45. The van der Waals surface area contributed by atoms with Crippen LogP contribution in [-0.2, 0) is 0 Å². The maximum atomic E-state index is 9.45. The Balaban J connectivity index is 1.69.